The number of aryl methyl sites for hydroxylation is 1. The molecule has 1 unspecified atom stereocenters. The van der Waals surface area contributed by atoms with E-state index in [1.807, 2.05) is 6.07 Å². The molecule has 1 aromatic carbocycles. The van der Waals surface area contributed by atoms with Crippen molar-refractivity contribution in [1.29, 1.82) is 0 Å². The lowest BCUT2D eigenvalue weighted by Gasteiger charge is -2.28. The van der Waals surface area contributed by atoms with Crippen LogP contribution in [0.4, 0.5) is 0 Å². The van der Waals surface area contributed by atoms with Gasteiger partial charge in [0, 0.05) is 17.1 Å². The van der Waals surface area contributed by atoms with Crippen LogP contribution in [0.25, 0.3) is 0 Å². The Bertz CT molecular complexity index is 574. The Labute approximate surface area is 129 Å². The Balaban J connectivity index is 2.44. The van der Waals surface area contributed by atoms with E-state index in [2.05, 4.69) is 15.9 Å². The molecule has 6 heteroatoms. The zero-order chi connectivity index (χ0) is 14.8. The topological polar surface area (TPSA) is 57.6 Å². The van der Waals surface area contributed by atoms with Crippen molar-refractivity contribution in [3.8, 4) is 0 Å². The Morgan fingerprint density at radius 1 is 1.35 bits per heavy atom. The molecular formula is C14H20BrNO3S. The maximum absolute atomic E-state index is 12.9. The quantitative estimate of drug-likeness (QED) is 0.900. The molecule has 0 aliphatic carbocycles. The number of nitrogens with zero attached hydrogens (tertiary/aromatic N) is 1. The average Bonchev–Trinajstić information content (AvgIpc) is 2.66. The summed E-state index contributed by atoms with van der Waals surface area (Å²) in [4.78, 5) is 0.326. The second kappa shape index (κ2) is 6.56. The predicted molar refractivity (Wildman–Crippen MR) is 82.1 cm³/mol. The SMILES string of the molecule is Cc1ccc(Br)cc1S(=O)(=O)N1CCCCCC1CO. The summed E-state index contributed by atoms with van der Waals surface area (Å²) in [7, 11) is -3.56. The minimum absolute atomic E-state index is 0.119. The second-order valence-corrected chi connectivity index (χ2v) is 7.99. The van der Waals surface area contributed by atoms with E-state index in [-0.39, 0.29) is 12.6 Å². The van der Waals surface area contributed by atoms with Gasteiger partial charge >= 0.3 is 0 Å². The van der Waals surface area contributed by atoms with Crippen LogP contribution in [0, 0.1) is 6.92 Å². The first-order valence-corrected chi connectivity index (χ1v) is 9.09. The van der Waals surface area contributed by atoms with Gasteiger partial charge in [-0.3, -0.25) is 0 Å². The fourth-order valence-electron chi connectivity index (χ4n) is 2.63. The summed E-state index contributed by atoms with van der Waals surface area (Å²) < 4.78 is 28.0. The molecule has 1 fully saturated rings. The monoisotopic (exact) mass is 361 g/mol. The van der Waals surface area contributed by atoms with Gasteiger partial charge in [-0.1, -0.05) is 34.8 Å². The number of hydrogen-bond acceptors (Lipinski definition) is 3. The summed E-state index contributed by atoms with van der Waals surface area (Å²) >= 11 is 3.33. The molecule has 1 N–H and O–H groups in total. The third kappa shape index (κ3) is 3.24. The van der Waals surface area contributed by atoms with Crippen molar-refractivity contribution < 1.29 is 13.5 Å². The molecule has 0 spiro atoms. The zero-order valence-electron chi connectivity index (χ0n) is 11.5. The first kappa shape index (κ1) is 15.9. The normalized spacial score (nSPS) is 21.6. The fourth-order valence-corrected chi connectivity index (χ4v) is 5.08. The molecule has 1 atom stereocenters. The van der Waals surface area contributed by atoms with Crippen molar-refractivity contribution in [3.05, 3.63) is 28.2 Å². The van der Waals surface area contributed by atoms with Crippen molar-refractivity contribution >= 4 is 26.0 Å². The Kier molecular flexibility index (Phi) is 5.23. The summed E-state index contributed by atoms with van der Waals surface area (Å²) in [6, 6.07) is 4.97. The standard InChI is InChI=1S/C14H20BrNO3S/c1-11-6-7-12(15)9-14(11)20(18,19)16-8-4-2-3-5-13(16)10-17/h6-7,9,13,17H,2-5,8,10H2,1H3. The summed E-state index contributed by atoms with van der Waals surface area (Å²) in [6.45, 7) is 2.16. The van der Waals surface area contributed by atoms with Crippen LogP contribution in [0.3, 0.4) is 0 Å². The van der Waals surface area contributed by atoms with Crippen LogP contribution in [0.2, 0.25) is 0 Å². The van der Waals surface area contributed by atoms with E-state index in [9.17, 15) is 13.5 Å². The van der Waals surface area contributed by atoms with Gasteiger partial charge in [-0.15, -0.1) is 0 Å². The lowest BCUT2D eigenvalue weighted by molar-refractivity contribution is 0.186. The molecule has 0 amide bonds. The van der Waals surface area contributed by atoms with Gasteiger partial charge in [-0.2, -0.15) is 4.31 Å². The molecule has 1 aliphatic heterocycles. The van der Waals surface area contributed by atoms with Crippen molar-refractivity contribution in [3.63, 3.8) is 0 Å². The first-order valence-electron chi connectivity index (χ1n) is 6.85. The molecule has 0 bridgehead atoms. The van der Waals surface area contributed by atoms with E-state index < -0.39 is 10.0 Å². The van der Waals surface area contributed by atoms with E-state index in [1.54, 1.807) is 19.1 Å². The lowest BCUT2D eigenvalue weighted by atomic mass is 10.1. The third-order valence-electron chi connectivity index (χ3n) is 3.77. The highest BCUT2D eigenvalue weighted by Crippen LogP contribution is 2.28. The van der Waals surface area contributed by atoms with Gasteiger partial charge in [-0.25, -0.2) is 8.42 Å². The van der Waals surface area contributed by atoms with Crippen LogP contribution in [-0.4, -0.2) is 37.0 Å². The van der Waals surface area contributed by atoms with Gasteiger partial charge in [0.1, 0.15) is 0 Å². The summed E-state index contributed by atoms with van der Waals surface area (Å²) in [5, 5.41) is 9.51. The summed E-state index contributed by atoms with van der Waals surface area (Å²) in [5.41, 5.74) is 0.731. The zero-order valence-corrected chi connectivity index (χ0v) is 14.0. The summed E-state index contributed by atoms with van der Waals surface area (Å²) in [5.74, 6) is 0. The number of sulfonamides is 1. The molecule has 4 nitrogen and oxygen atoms in total. The van der Waals surface area contributed by atoms with Gasteiger partial charge in [-0.05, 0) is 37.5 Å². The van der Waals surface area contributed by atoms with Crippen LogP contribution < -0.4 is 0 Å². The smallest absolute Gasteiger partial charge is 0.243 e. The molecule has 1 saturated heterocycles. The molecular weight excluding hydrogens is 342 g/mol. The van der Waals surface area contributed by atoms with E-state index in [0.29, 0.717) is 11.4 Å². The highest BCUT2D eigenvalue weighted by Gasteiger charge is 2.32. The third-order valence-corrected chi connectivity index (χ3v) is 6.36. The van der Waals surface area contributed by atoms with Gasteiger partial charge < -0.3 is 5.11 Å². The number of benzene rings is 1. The average molecular weight is 362 g/mol. The van der Waals surface area contributed by atoms with E-state index in [4.69, 9.17) is 0 Å². The van der Waals surface area contributed by atoms with Gasteiger partial charge in [0.15, 0.2) is 0 Å². The van der Waals surface area contributed by atoms with E-state index >= 15 is 0 Å². The molecule has 20 heavy (non-hydrogen) atoms. The molecule has 0 radical (unpaired) electrons. The Morgan fingerprint density at radius 2 is 2.10 bits per heavy atom. The molecule has 0 saturated carbocycles. The molecule has 1 aromatic rings. The Hall–Kier alpha value is -0.430. The molecule has 0 aromatic heterocycles. The molecule has 112 valence electrons. The van der Waals surface area contributed by atoms with Gasteiger partial charge in [0.2, 0.25) is 10.0 Å². The van der Waals surface area contributed by atoms with E-state index in [1.165, 1.54) is 4.31 Å². The predicted octanol–water partition coefficient (Wildman–Crippen LogP) is 2.68. The molecule has 1 aliphatic rings. The molecule has 1 heterocycles. The number of halogens is 1. The first-order chi connectivity index (χ1) is 9.46. The van der Waals surface area contributed by atoms with Crippen LogP contribution in [0.15, 0.2) is 27.6 Å². The van der Waals surface area contributed by atoms with Crippen LogP contribution in [-0.2, 0) is 10.0 Å². The minimum atomic E-state index is -3.56. The number of rotatable bonds is 3. The minimum Gasteiger partial charge on any atom is -0.395 e. The van der Waals surface area contributed by atoms with Crippen molar-refractivity contribution in [2.45, 2.75) is 43.5 Å². The maximum Gasteiger partial charge on any atom is 0.243 e. The van der Waals surface area contributed by atoms with Crippen LogP contribution in [0.5, 0.6) is 0 Å². The highest BCUT2D eigenvalue weighted by molar-refractivity contribution is 9.10. The van der Waals surface area contributed by atoms with Crippen molar-refractivity contribution in [2.24, 2.45) is 0 Å². The van der Waals surface area contributed by atoms with Gasteiger partial charge in [0.25, 0.3) is 0 Å². The molecule has 2 rings (SSSR count). The highest BCUT2D eigenvalue weighted by atomic mass is 79.9. The van der Waals surface area contributed by atoms with Crippen LogP contribution >= 0.6 is 15.9 Å². The Morgan fingerprint density at radius 3 is 2.80 bits per heavy atom. The van der Waals surface area contributed by atoms with Crippen molar-refractivity contribution in [2.75, 3.05) is 13.2 Å². The fraction of sp³-hybridized carbons (Fsp3) is 0.571. The van der Waals surface area contributed by atoms with E-state index in [0.717, 1.165) is 35.7 Å². The lowest BCUT2D eigenvalue weighted by Crippen LogP contribution is -2.42. The van der Waals surface area contributed by atoms with Crippen molar-refractivity contribution in [1.82, 2.24) is 4.31 Å². The largest absolute Gasteiger partial charge is 0.395 e. The summed E-state index contributed by atoms with van der Waals surface area (Å²) in [6.07, 6.45) is 3.56. The number of hydrogen-bond donors (Lipinski definition) is 1. The van der Waals surface area contributed by atoms with Crippen LogP contribution in [0.1, 0.15) is 31.2 Å². The second-order valence-electron chi connectivity index (χ2n) is 5.21. The maximum atomic E-state index is 12.9. The number of aliphatic hydroxyl groups excluding tert-OH is 1. The number of aliphatic hydroxyl groups is 1. The van der Waals surface area contributed by atoms with Gasteiger partial charge in [0.05, 0.1) is 11.5 Å².